The normalized spacial score (nSPS) is 15.3. The molecule has 0 aromatic carbocycles. The van der Waals surface area contributed by atoms with Gasteiger partial charge in [-0.3, -0.25) is 14.9 Å². The molecule has 6 nitrogen and oxygen atoms in total. The Balaban J connectivity index is 1.84. The van der Waals surface area contributed by atoms with Gasteiger partial charge in [-0.2, -0.15) is 0 Å². The Labute approximate surface area is 120 Å². The van der Waals surface area contributed by atoms with Crippen LogP contribution < -0.4 is 5.32 Å². The van der Waals surface area contributed by atoms with E-state index in [-0.39, 0.29) is 18.4 Å². The van der Waals surface area contributed by atoms with Crippen molar-refractivity contribution in [3.8, 4) is 0 Å². The van der Waals surface area contributed by atoms with Gasteiger partial charge in [-0.15, -0.1) is 22.0 Å². The summed E-state index contributed by atoms with van der Waals surface area (Å²) in [6, 6.07) is 0. The summed E-state index contributed by atoms with van der Waals surface area (Å²) in [6.07, 6.45) is 0.856. The second-order valence-corrected chi connectivity index (χ2v) is 6.73. The van der Waals surface area contributed by atoms with Gasteiger partial charge in [0.2, 0.25) is 16.9 Å². The molecule has 0 spiro atoms. The summed E-state index contributed by atoms with van der Waals surface area (Å²) < 4.78 is 0. The van der Waals surface area contributed by atoms with Gasteiger partial charge < -0.3 is 4.90 Å². The average Bonchev–Trinajstić information content (AvgIpc) is 2.89. The summed E-state index contributed by atoms with van der Waals surface area (Å²) in [7, 11) is 0. The molecule has 0 saturated carbocycles. The zero-order valence-electron chi connectivity index (χ0n) is 10.9. The molecule has 2 rings (SSSR count). The van der Waals surface area contributed by atoms with Crippen LogP contribution in [0, 0.1) is 5.92 Å². The highest BCUT2D eigenvalue weighted by Gasteiger charge is 2.23. The van der Waals surface area contributed by atoms with Crippen molar-refractivity contribution in [3.05, 3.63) is 5.01 Å². The van der Waals surface area contributed by atoms with Crippen molar-refractivity contribution in [2.45, 2.75) is 20.3 Å². The smallest absolute Gasteiger partial charge is 0.245 e. The first-order chi connectivity index (χ1) is 9.04. The lowest BCUT2D eigenvalue weighted by molar-refractivity contribution is -0.130. The van der Waals surface area contributed by atoms with Crippen LogP contribution in [0.3, 0.4) is 0 Å². The number of anilines is 1. The third kappa shape index (κ3) is 4.17. The van der Waals surface area contributed by atoms with Gasteiger partial charge >= 0.3 is 0 Å². The van der Waals surface area contributed by atoms with E-state index in [1.165, 1.54) is 28.0 Å². The fourth-order valence-corrected chi connectivity index (χ4v) is 3.48. The van der Waals surface area contributed by atoms with Gasteiger partial charge in [-0.1, -0.05) is 25.2 Å². The first-order valence-corrected chi connectivity index (χ1v) is 7.99. The van der Waals surface area contributed by atoms with Crippen LogP contribution in [0.15, 0.2) is 0 Å². The van der Waals surface area contributed by atoms with Gasteiger partial charge in [0.15, 0.2) is 0 Å². The molecule has 1 aromatic rings. The van der Waals surface area contributed by atoms with Crippen molar-refractivity contribution in [2.24, 2.45) is 5.92 Å². The Bertz CT molecular complexity index is 475. The highest BCUT2D eigenvalue weighted by atomic mass is 32.2. The summed E-state index contributed by atoms with van der Waals surface area (Å²) in [5.41, 5.74) is 0. The topological polar surface area (TPSA) is 75.2 Å². The molecule has 1 N–H and O–H groups in total. The molecule has 0 bridgehead atoms. The molecule has 19 heavy (non-hydrogen) atoms. The predicted octanol–water partition coefficient (Wildman–Crippen LogP) is 1.21. The van der Waals surface area contributed by atoms with Crippen LogP contribution in [-0.2, 0) is 16.0 Å². The number of hydrogen-bond acceptors (Lipinski definition) is 6. The minimum Gasteiger partial charge on any atom is -0.323 e. The fraction of sp³-hybridized carbons (Fsp3) is 0.636. The number of hydrogen-bond donors (Lipinski definition) is 1. The van der Waals surface area contributed by atoms with E-state index in [9.17, 15) is 9.59 Å². The Morgan fingerprint density at radius 3 is 2.89 bits per heavy atom. The lowest BCUT2D eigenvalue weighted by atomic mass is 10.1. The van der Waals surface area contributed by atoms with Crippen LogP contribution in [-0.4, -0.2) is 45.1 Å². The summed E-state index contributed by atoms with van der Waals surface area (Å²) >= 11 is 2.91. The Morgan fingerprint density at radius 1 is 1.47 bits per heavy atom. The molecule has 8 heteroatoms. The molecule has 1 aromatic heterocycles. The van der Waals surface area contributed by atoms with E-state index in [2.05, 4.69) is 29.4 Å². The summed E-state index contributed by atoms with van der Waals surface area (Å²) in [5.74, 6) is 1.35. The van der Waals surface area contributed by atoms with Crippen molar-refractivity contribution in [3.63, 3.8) is 0 Å². The minimum absolute atomic E-state index is 0.0120. The predicted molar refractivity (Wildman–Crippen MR) is 76.1 cm³/mol. The Kier molecular flexibility index (Phi) is 4.76. The summed E-state index contributed by atoms with van der Waals surface area (Å²) in [5, 5.41) is 12.1. The van der Waals surface area contributed by atoms with Gasteiger partial charge in [-0.25, -0.2) is 0 Å². The molecule has 1 aliphatic rings. The van der Waals surface area contributed by atoms with Gasteiger partial charge in [0.05, 0.1) is 11.6 Å². The van der Waals surface area contributed by atoms with E-state index in [4.69, 9.17) is 0 Å². The van der Waals surface area contributed by atoms with Crippen molar-refractivity contribution in [1.29, 1.82) is 0 Å². The molecule has 1 saturated heterocycles. The SMILES string of the molecule is CC(C)Cc1nnc(NC(=O)CN2CSCC2=O)s1. The summed E-state index contributed by atoms with van der Waals surface area (Å²) in [6.45, 7) is 4.30. The van der Waals surface area contributed by atoms with Gasteiger partial charge in [0, 0.05) is 6.42 Å². The third-order valence-electron chi connectivity index (χ3n) is 2.46. The Hall–Kier alpha value is -1.15. The monoisotopic (exact) mass is 300 g/mol. The maximum atomic E-state index is 11.8. The van der Waals surface area contributed by atoms with E-state index in [1.54, 1.807) is 0 Å². The van der Waals surface area contributed by atoms with E-state index in [0.717, 1.165) is 11.4 Å². The van der Waals surface area contributed by atoms with Crippen LogP contribution in [0.5, 0.6) is 0 Å². The fourth-order valence-electron chi connectivity index (χ4n) is 1.61. The molecule has 0 aliphatic carbocycles. The van der Waals surface area contributed by atoms with Gasteiger partial charge in [0.25, 0.3) is 0 Å². The zero-order valence-corrected chi connectivity index (χ0v) is 12.5. The van der Waals surface area contributed by atoms with Crippen molar-refractivity contribution < 1.29 is 9.59 Å². The van der Waals surface area contributed by atoms with Crippen molar-refractivity contribution in [2.75, 3.05) is 23.5 Å². The largest absolute Gasteiger partial charge is 0.323 e. The molecule has 1 fully saturated rings. The van der Waals surface area contributed by atoms with Crippen molar-refractivity contribution in [1.82, 2.24) is 15.1 Å². The molecule has 104 valence electrons. The molecule has 2 amide bonds. The molecule has 0 atom stereocenters. The van der Waals surface area contributed by atoms with Crippen LogP contribution in [0.2, 0.25) is 0 Å². The number of amides is 2. The lowest BCUT2D eigenvalue weighted by Crippen LogP contribution is -2.34. The van der Waals surface area contributed by atoms with E-state index in [0.29, 0.717) is 22.7 Å². The zero-order chi connectivity index (χ0) is 13.8. The molecule has 0 unspecified atom stereocenters. The third-order valence-corrected chi connectivity index (χ3v) is 4.26. The van der Waals surface area contributed by atoms with Crippen molar-refractivity contribution >= 4 is 40.0 Å². The van der Waals surface area contributed by atoms with Crippen LogP contribution in [0.1, 0.15) is 18.9 Å². The second kappa shape index (κ2) is 6.33. The lowest BCUT2D eigenvalue weighted by Gasteiger charge is -2.12. The van der Waals surface area contributed by atoms with Gasteiger partial charge in [-0.05, 0) is 5.92 Å². The molecule has 1 aliphatic heterocycles. The van der Waals surface area contributed by atoms with Crippen LogP contribution in [0.4, 0.5) is 5.13 Å². The second-order valence-electron chi connectivity index (χ2n) is 4.72. The number of carbonyl (C=O) groups is 2. The average molecular weight is 300 g/mol. The van der Waals surface area contributed by atoms with Gasteiger partial charge in [0.1, 0.15) is 11.6 Å². The highest BCUT2D eigenvalue weighted by Crippen LogP contribution is 2.19. The first-order valence-electron chi connectivity index (χ1n) is 6.02. The minimum atomic E-state index is -0.219. The molecular formula is C11H16N4O2S2. The van der Waals surface area contributed by atoms with Crippen LogP contribution in [0.25, 0.3) is 0 Å². The maximum Gasteiger partial charge on any atom is 0.245 e. The number of aromatic nitrogens is 2. The number of nitrogens with zero attached hydrogens (tertiary/aromatic N) is 3. The number of thioether (sulfide) groups is 1. The number of rotatable bonds is 5. The quantitative estimate of drug-likeness (QED) is 0.884. The van der Waals surface area contributed by atoms with E-state index >= 15 is 0 Å². The van der Waals surface area contributed by atoms with Crippen LogP contribution >= 0.6 is 23.1 Å². The first kappa shape index (κ1) is 14.3. The Morgan fingerprint density at radius 2 is 2.26 bits per heavy atom. The summed E-state index contributed by atoms with van der Waals surface area (Å²) in [4.78, 5) is 24.7. The standard InChI is InChI=1S/C11H16N4O2S2/c1-7(2)3-9-13-14-11(19-9)12-8(16)4-15-6-18-5-10(15)17/h7H,3-6H2,1-2H3,(H,12,14,16). The maximum absolute atomic E-state index is 11.8. The molecule has 0 radical (unpaired) electrons. The molecule has 2 heterocycles. The molecular weight excluding hydrogens is 284 g/mol. The highest BCUT2D eigenvalue weighted by molar-refractivity contribution is 8.00. The number of nitrogens with one attached hydrogen (secondary N) is 1. The van der Waals surface area contributed by atoms with E-state index in [1.807, 2.05) is 0 Å². The number of carbonyl (C=O) groups excluding carboxylic acids is 2. The van der Waals surface area contributed by atoms with E-state index < -0.39 is 0 Å².